The molecule has 0 aromatic heterocycles. The second-order valence-electron chi connectivity index (χ2n) is 14.0. The maximum Gasteiger partial charge on any atom is 0.410 e. The highest BCUT2D eigenvalue weighted by Gasteiger charge is 2.44. The zero-order valence-electron chi connectivity index (χ0n) is 30.0. The van der Waals surface area contributed by atoms with Crippen molar-refractivity contribution in [3.05, 3.63) is 101 Å². The highest BCUT2D eigenvalue weighted by molar-refractivity contribution is 6.00. The van der Waals surface area contributed by atoms with E-state index in [-0.39, 0.29) is 24.8 Å². The summed E-state index contributed by atoms with van der Waals surface area (Å²) in [4.78, 5) is 70.1. The number of benzene rings is 3. The van der Waals surface area contributed by atoms with Gasteiger partial charge in [-0.1, -0.05) is 48.5 Å². The number of likely N-dealkylation sites (N-methyl/N-ethyl adjacent to an activating group) is 1. The second kappa shape index (κ2) is 16.4. The highest BCUT2D eigenvalue weighted by Crippen LogP contribution is 2.36. The lowest BCUT2D eigenvalue weighted by atomic mass is 9.90. The number of fused-ring (bicyclic) bond motifs is 1. The zero-order valence-corrected chi connectivity index (χ0v) is 30.0. The van der Waals surface area contributed by atoms with E-state index in [0.29, 0.717) is 42.7 Å². The van der Waals surface area contributed by atoms with Crippen LogP contribution in [-0.2, 0) is 41.7 Å². The van der Waals surface area contributed by atoms with Crippen LogP contribution in [0.15, 0.2) is 72.8 Å². The van der Waals surface area contributed by atoms with Gasteiger partial charge in [0.15, 0.2) is 0 Å². The van der Waals surface area contributed by atoms with Gasteiger partial charge in [-0.05, 0) is 87.4 Å². The molecule has 1 saturated heterocycles. The average Bonchev–Trinajstić information content (AvgIpc) is 3.53. The molecule has 0 bridgehead atoms. The third-order valence-electron chi connectivity index (χ3n) is 9.14. The normalized spacial score (nSPS) is 17.0. The van der Waals surface area contributed by atoms with Gasteiger partial charge in [0.2, 0.25) is 11.8 Å². The van der Waals surface area contributed by atoms with Crippen LogP contribution in [0.3, 0.4) is 0 Å². The van der Waals surface area contributed by atoms with E-state index in [1.807, 2.05) is 6.07 Å². The van der Waals surface area contributed by atoms with Gasteiger partial charge in [-0.2, -0.15) is 0 Å². The van der Waals surface area contributed by atoms with Gasteiger partial charge in [0, 0.05) is 26.8 Å². The van der Waals surface area contributed by atoms with Crippen molar-refractivity contribution in [3.63, 3.8) is 0 Å². The summed E-state index contributed by atoms with van der Waals surface area (Å²) in [5.41, 5.74) is 1.17. The number of amides is 4. The molecule has 13 heteroatoms. The molecule has 5 rings (SSSR count). The van der Waals surface area contributed by atoms with E-state index in [1.54, 1.807) is 69.3 Å². The molecule has 2 aliphatic rings. The van der Waals surface area contributed by atoms with Crippen LogP contribution in [0, 0.1) is 11.7 Å². The second-order valence-corrected chi connectivity index (χ2v) is 14.0. The van der Waals surface area contributed by atoms with Crippen LogP contribution in [0.5, 0.6) is 0 Å². The molecule has 12 nitrogen and oxygen atoms in total. The van der Waals surface area contributed by atoms with E-state index in [0.717, 1.165) is 5.56 Å². The molecule has 1 fully saturated rings. The van der Waals surface area contributed by atoms with Crippen LogP contribution in [0.2, 0.25) is 0 Å². The first kappa shape index (κ1) is 37.9. The molecular formula is C39H45FN4O8. The molecule has 3 aromatic rings. The number of carbonyl (C=O) groups excluding carboxylic acids is 5. The molecule has 0 aliphatic carbocycles. The summed E-state index contributed by atoms with van der Waals surface area (Å²) in [6, 6.07) is 16.4. The van der Waals surface area contributed by atoms with Crippen LogP contribution in [0.4, 0.5) is 14.9 Å². The molecule has 2 heterocycles. The van der Waals surface area contributed by atoms with Crippen LogP contribution < -0.4 is 10.6 Å². The van der Waals surface area contributed by atoms with Gasteiger partial charge in [0.05, 0.1) is 11.3 Å². The summed E-state index contributed by atoms with van der Waals surface area (Å²) in [6.45, 7) is 7.39. The molecule has 0 spiro atoms. The highest BCUT2D eigenvalue weighted by atomic mass is 19.1. The predicted octanol–water partition coefficient (Wildman–Crippen LogP) is 5.37. The van der Waals surface area contributed by atoms with Gasteiger partial charge in [0.25, 0.3) is 5.91 Å². The molecule has 2 aliphatic heterocycles. The fourth-order valence-corrected chi connectivity index (χ4v) is 6.19. The summed E-state index contributed by atoms with van der Waals surface area (Å²) in [6.07, 6.45) is 0.274. The van der Waals surface area contributed by atoms with Crippen molar-refractivity contribution >= 4 is 35.5 Å². The Bertz CT molecular complexity index is 1790. The molecule has 4 amide bonds. The Kier molecular flexibility index (Phi) is 11.9. The molecule has 276 valence electrons. The zero-order chi connectivity index (χ0) is 37.6. The van der Waals surface area contributed by atoms with Crippen LogP contribution in [0.1, 0.15) is 73.6 Å². The fraction of sp³-hybridized carbons (Fsp3) is 0.410. The van der Waals surface area contributed by atoms with E-state index in [2.05, 4.69) is 10.6 Å². The number of anilines is 1. The Labute approximate surface area is 302 Å². The molecular weight excluding hydrogens is 671 g/mol. The molecule has 0 saturated carbocycles. The predicted molar refractivity (Wildman–Crippen MR) is 189 cm³/mol. The van der Waals surface area contributed by atoms with Crippen molar-refractivity contribution in [2.24, 2.45) is 5.92 Å². The van der Waals surface area contributed by atoms with E-state index >= 15 is 4.39 Å². The Hall–Kier alpha value is -5.30. The van der Waals surface area contributed by atoms with Gasteiger partial charge in [0.1, 0.15) is 36.2 Å². The van der Waals surface area contributed by atoms with Crippen molar-refractivity contribution in [1.29, 1.82) is 0 Å². The Morgan fingerprint density at radius 2 is 1.65 bits per heavy atom. The third kappa shape index (κ3) is 9.13. The number of nitrogens with zero attached hydrogens (tertiary/aromatic N) is 2. The Morgan fingerprint density at radius 3 is 2.35 bits per heavy atom. The summed E-state index contributed by atoms with van der Waals surface area (Å²) in [5.74, 6) is -3.31. The number of hydrogen-bond acceptors (Lipinski definition) is 8. The summed E-state index contributed by atoms with van der Waals surface area (Å²) in [5, 5.41) is 5.53. The minimum Gasteiger partial charge on any atom is -0.457 e. The average molecular weight is 717 g/mol. The number of halogens is 1. The minimum atomic E-state index is -1.15. The molecule has 52 heavy (non-hydrogen) atoms. The van der Waals surface area contributed by atoms with E-state index in [9.17, 15) is 24.0 Å². The monoisotopic (exact) mass is 716 g/mol. The van der Waals surface area contributed by atoms with Gasteiger partial charge in [-0.15, -0.1) is 0 Å². The number of nitrogens with one attached hydrogen (secondary N) is 2. The van der Waals surface area contributed by atoms with Gasteiger partial charge in [-0.25, -0.2) is 14.0 Å². The SMILES string of the molecule is C[C@@H](C(=O)N[C@H](C(=O)N1Cc2ccccc2[C@H]1C(=O)Nc1cc(COC(=O)c2ccccc2)ccc1F)C1CCOCC1)N(C)C(=O)OC(C)(C)C. The third-order valence-corrected chi connectivity index (χ3v) is 9.14. The molecule has 0 unspecified atom stereocenters. The summed E-state index contributed by atoms with van der Waals surface area (Å²) in [7, 11) is 1.45. The molecule has 2 N–H and O–H groups in total. The standard InChI is InChI=1S/C39H45FN4O8/c1-24(43(5)38(49)52-39(2,3)4)34(45)42-32(26-17-19-50-20-18-26)36(47)44-22-28-13-9-10-14-29(28)33(44)35(46)41-31-21-25(15-16-30(31)40)23-51-37(48)27-11-7-6-8-12-27/h6-16,21,24,26,32-33H,17-20,22-23H2,1-5H3,(H,41,46)(H,42,45)/t24-,32-,33-/m0/s1. The van der Waals surface area contributed by atoms with Crippen molar-refractivity contribution in [2.45, 2.75) is 77.4 Å². The maximum absolute atomic E-state index is 15.1. The first-order valence-electron chi connectivity index (χ1n) is 17.3. The Morgan fingerprint density at radius 1 is 0.981 bits per heavy atom. The molecule has 3 aromatic carbocycles. The van der Waals surface area contributed by atoms with Crippen molar-refractivity contribution in [2.75, 3.05) is 25.6 Å². The lowest BCUT2D eigenvalue weighted by Gasteiger charge is -2.36. The number of esters is 1. The van der Waals surface area contributed by atoms with Gasteiger partial charge < -0.3 is 29.7 Å². The van der Waals surface area contributed by atoms with E-state index < -0.39 is 59.3 Å². The van der Waals surface area contributed by atoms with E-state index in [1.165, 1.54) is 42.0 Å². The van der Waals surface area contributed by atoms with Crippen molar-refractivity contribution < 1.29 is 42.6 Å². The van der Waals surface area contributed by atoms with Crippen LogP contribution in [0.25, 0.3) is 0 Å². The summed E-state index contributed by atoms with van der Waals surface area (Å²) < 4.78 is 31.5. The van der Waals surface area contributed by atoms with Crippen molar-refractivity contribution in [1.82, 2.24) is 15.1 Å². The number of hydrogen-bond donors (Lipinski definition) is 2. The number of rotatable bonds is 10. The lowest BCUT2D eigenvalue weighted by molar-refractivity contribution is -0.144. The first-order chi connectivity index (χ1) is 24.7. The van der Waals surface area contributed by atoms with Gasteiger partial charge in [-0.3, -0.25) is 19.3 Å². The topological polar surface area (TPSA) is 144 Å². The maximum atomic E-state index is 15.1. The van der Waals surface area contributed by atoms with Crippen LogP contribution in [-0.4, -0.2) is 77.5 Å². The number of ether oxygens (including phenoxy) is 3. The fourth-order valence-electron chi connectivity index (χ4n) is 6.19. The largest absolute Gasteiger partial charge is 0.457 e. The van der Waals surface area contributed by atoms with E-state index in [4.69, 9.17) is 14.2 Å². The van der Waals surface area contributed by atoms with Crippen LogP contribution >= 0.6 is 0 Å². The smallest absolute Gasteiger partial charge is 0.410 e. The molecule has 0 radical (unpaired) electrons. The van der Waals surface area contributed by atoms with Crippen molar-refractivity contribution in [3.8, 4) is 0 Å². The molecule has 3 atom stereocenters. The Balaban J connectivity index is 1.36. The number of carbonyl (C=O) groups is 5. The minimum absolute atomic E-state index is 0.0774. The summed E-state index contributed by atoms with van der Waals surface area (Å²) >= 11 is 0. The van der Waals surface area contributed by atoms with Gasteiger partial charge >= 0.3 is 12.1 Å². The first-order valence-corrected chi connectivity index (χ1v) is 17.3. The quantitative estimate of drug-likeness (QED) is 0.267. The lowest BCUT2D eigenvalue weighted by Crippen LogP contribution is -2.57.